The molecule has 1 N–H and O–H groups in total. The standard InChI is InChI=1S/C16H21FN2O2/c1-10(11-5-7-12(17)8-6-11)19-9-13(20)18-14(15(19)21)16(2,3)4/h5-8,10,14H,9H2,1-4H3,(H,18,20). The van der Waals surface area contributed by atoms with Crippen LogP contribution < -0.4 is 5.32 Å². The summed E-state index contributed by atoms with van der Waals surface area (Å²) in [4.78, 5) is 26.1. The number of amides is 2. The van der Waals surface area contributed by atoms with E-state index < -0.39 is 6.04 Å². The van der Waals surface area contributed by atoms with Gasteiger partial charge in [-0.25, -0.2) is 4.39 Å². The van der Waals surface area contributed by atoms with Crippen molar-refractivity contribution in [3.05, 3.63) is 35.6 Å². The Hall–Kier alpha value is -1.91. The summed E-state index contributed by atoms with van der Waals surface area (Å²) in [5.74, 6) is -0.580. The van der Waals surface area contributed by atoms with Gasteiger partial charge in [-0.05, 0) is 30.0 Å². The van der Waals surface area contributed by atoms with Crippen molar-refractivity contribution in [1.29, 1.82) is 0 Å². The first-order valence-corrected chi connectivity index (χ1v) is 7.05. The summed E-state index contributed by atoms with van der Waals surface area (Å²) >= 11 is 0. The third-order valence-corrected chi connectivity index (χ3v) is 3.84. The Bertz CT molecular complexity index is 548. The van der Waals surface area contributed by atoms with E-state index in [1.54, 1.807) is 17.0 Å². The molecule has 1 aromatic carbocycles. The number of rotatable bonds is 2. The number of piperazine rings is 1. The van der Waals surface area contributed by atoms with Gasteiger partial charge in [-0.15, -0.1) is 0 Å². The van der Waals surface area contributed by atoms with Gasteiger partial charge in [0, 0.05) is 0 Å². The quantitative estimate of drug-likeness (QED) is 0.909. The van der Waals surface area contributed by atoms with Crippen LogP contribution >= 0.6 is 0 Å². The summed E-state index contributed by atoms with van der Waals surface area (Å²) < 4.78 is 13.0. The molecule has 21 heavy (non-hydrogen) atoms. The number of nitrogens with one attached hydrogen (secondary N) is 1. The molecular formula is C16H21FN2O2. The fourth-order valence-corrected chi connectivity index (χ4v) is 2.50. The summed E-state index contributed by atoms with van der Waals surface area (Å²) in [6, 6.07) is 5.21. The molecule has 2 unspecified atom stereocenters. The van der Waals surface area contributed by atoms with Gasteiger partial charge in [-0.1, -0.05) is 32.9 Å². The van der Waals surface area contributed by atoms with Crippen molar-refractivity contribution in [1.82, 2.24) is 10.2 Å². The molecule has 0 spiro atoms. The molecule has 0 bridgehead atoms. The van der Waals surface area contributed by atoms with Crippen LogP contribution in [0, 0.1) is 11.2 Å². The summed E-state index contributed by atoms with van der Waals surface area (Å²) in [5.41, 5.74) is 0.459. The lowest BCUT2D eigenvalue weighted by atomic mass is 9.84. The Balaban J connectivity index is 2.27. The SMILES string of the molecule is CC(c1ccc(F)cc1)N1CC(=O)NC(C(C)(C)C)C1=O. The second-order valence-corrected chi connectivity index (χ2v) is 6.56. The average molecular weight is 292 g/mol. The molecular weight excluding hydrogens is 271 g/mol. The van der Waals surface area contributed by atoms with E-state index in [-0.39, 0.29) is 35.6 Å². The molecule has 1 saturated heterocycles. The van der Waals surface area contributed by atoms with Crippen LogP contribution in [-0.2, 0) is 9.59 Å². The van der Waals surface area contributed by atoms with E-state index >= 15 is 0 Å². The summed E-state index contributed by atoms with van der Waals surface area (Å²) in [6.07, 6.45) is 0. The molecule has 114 valence electrons. The Morgan fingerprint density at radius 2 is 1.81 bits per heavy atom. The van der Waals surface area contributed by atoms with Gasteiger partial charge in [-0.3, -0.25) is 9.59 Å². The van der Waals surface area contributed by atoms with E-state index in [1.807, 2.05) is 27.7 Å². The lowest BCUT2D eigenvalue weighted by Crippen LogP contribution is -2.62. The second kappa shape index (κ2) is 5.47. The second-order valence-electron chi connectivity index (χ2n) is 6.56. The van der Waals surface area contributed by atoms with Crippen LogP contribution in [0.4, 0.5) is 4.39 Å². The maximum atomic E-state index is 13.0. The topological polar surface area (TPSA) is 49.4 Å². The minimum atomic E-state index is -0.540. The van der Waals surface area contributed by atoms with Gasteiger partial charge in [0.25, 0.3) is 0 Å². The molecule has 1 aliphatic heterocycles. The van der Waals surface area contributed by atoms with Gasteiger partial charge in [0.2, 0.25) is 11.8 Å². The maximum absolute atomic E-state index is 13.0. The monoisotopic (exact) mass is 292 g/mol. The van der Waals surface area contributed by atoms with Gasteiger partial charge < -0.3 is 10.2 Å². The van der Waals surface area contributed by atoms with Gasteiger partial charge in [0.15, 0.2) is 0 Å². The van der Waals surface area contributed by atoms with Crippen molar-refractivity contribution >= 4 is 11.8 Å². The summed E-state index contributed by atoms with van der Waals surface area (Å²) in [6.45, 7) is 7.64. The van der Waals surface area contributed by atoms with Crippen LogP contribution in [0.3, 0.4) is 0 Å². The normalized spacial score (nSPS) is 21.2. The smallest absolute Gasteiger partial charge is 0.246 e. The number of halogens is 1. The minimum Gasteiger partial charge on any atom is -0.342 e. The number of carbonyl (C=O) groups excluding carboxylic acids is 2. The van der Waals surface area contributed by atoms with Gasteiger partial charge in [0.05, 0.1) is 6.04 Å². The zero-order valence-corrected chi connectivity index (χ0v) is 12.8. The first kappa shape index (κ1) is 15.5. The van der Waals surface area contributed by atoms with E-state index in [0.717, 1.165) is 5.56 Å². The van der Waals surface area contributed by atoms with Crippen LogP contribution in [0.1, 0.15) is 39.3 Å². The lowest BCUT2D eigenvalue weighted by molar-refractivity contribution is -0.149. The molecule has 2 amide bonds. The highest BCUT2D eigenvalue weighted by Crippen LogP contribution is 2.28. The number of hydrogen-bond acceptors (Lipinski definition) is 2. The first-order valence-electron chi connectivity index (χ1n) is 7.05. The molecule has 1 aliphatic rings. The minimum absolute atomic E-state index is 0.0317. The van der Waals surface area contributed by atoms with Gasteiger partial charge >= 0.3 is 0 Å². The highest BCUT2D eigenvalue weighted by Gasteiger charge is 2.41. The van der Waals surface area contributed by atoms with E-state index in [1.165, 1.54) is 12.1 Å². The Kier molecular flexibility index (Phi) is 4.03. The van der Waals surface area contributed by atoms with Crippen molar-refractivity contribution < 1.29 is 14.0 Å². The van der Waals surface area contributed by atoms with Crippen LogP contribution in [0.5, 0.6) is 0 Å². The highest BCUT2D eigenvalue weighted by atomic mass is 19.1. The number of benzene rings is 1. The summed E-state index contributed by atoms with van der Waals surface area (Å²) in [7, 11) is 0. The molecule has 2 rings (SSSR count). The third kappa shape index (κ3) is 3.23. The number of nitrogens with zero attached hydrogens (tertiary/aromatic N) is 1. The molecule has 1 aromatic rings. The van der Waals surface area contributed by atoms with Crippen molar-refractivity contribution in [3.63, 3.8) is 0 Å². The molecule has 2 atom stereocenters. The van der Waals surface area contributed by atoms with Crippen LogP contribution in [0.25, 0.3) is 0 Å². The predicted octanol–water partition coefficient (Wildman–Crippen LogP) is 2.26. The van der Waals surface area contributed by atoms with Crippen LogP contribution in [0.2, 0.25) is 0 Å². The Morgan fingerprint density at radius 3 is 2.33 bits per heavy atom. The summed E-state index contributed by atoms with van der Waals surface area (Å²) in [5, 5.41) is 2.76. The average Bonchev–Trinajstić information content (AvgIpc) is 2.40. The van der Waals surface area contributed by atoms with Crippen molar-refractivity contribution in [2.45, 2.75) is 39.8 Å². The predicted molar refractivity (Wildman–Crippen MR) is 77.9 cm³/mol. The van der Waals surface area contributed by atoms with Crippen molar-refractivity contribution in [3.8, 4) is 0 Å². The molecule has 0 aliphatic carbocycles. The molecule has 0 aromatic heterocycles. The molecule has 5 heteroatoms. The zero-order valence-electron chi connectivity index (χ0n) is 12.8. The fraction of sp³-hybridized carbons (Fsp3) is 0.500. The molecule has 0 saturated carbocycles. The van der Waals surface area contributed by atoms with Gasteiger partial charge in [-0.2, -0.15) is 0 Å². The molecule has 0 radical (unpaired) electrons. The first-order chi connectivity index (χ1) is 9.70. The molecule has 1 heterocycles. The Morgan fingerprint density at radius 1 is 1.24 bits per heavy atom. The van der Waals surface area contributed by atoms with Crippen molar-refractivity contribution in [2.75, 3.05) is 6.54 Å². The highest BCUT2D eigenvalue weighted by molar-refractivity contribution is 5.95. The number of carbonyl (C=O) groups is 2. The van der Waals surface area contributed by atoms with E-state index in [9.17, 15) is 14.0 Å². The molecule has 1 fully saturated rings. The third-order valence-electron chi connectivity index (χ3n) is 3.84. The fourth-order valence-electron chi connectivity index (χ4n) is 2.50. The zero-order chi connectivity index (χ0) is 15.8. The Labute approximate surface area is 124 Å². The van der Waals surface area contributed by atoms with E-state index in [4.69, 9.17) is 0 Å². The van der Waals surface area contributed by atoms with E-state index in [2.05, 4.69) is 5.32 Å². The number of hydrogen-bond donors (Lipinski definition) is 1. The van der Waals surface area contributed by atoms with Crippen molar-refractivity contribution in [2.24, 2.45) is 5.41 Å². The molecule has 4 nitrogen and oxygen atoms in total. The largest absolute Gasteiger partial charge is 0.342 e. The maximum Gasteiger partial charge on any atom is 0.246 e. The lowest BCUT2D eigenvalue weighted by Gasteiger charge is -2.41. The van der Waals surface area contributed by atoms with Crippen LogP contribution in [-0.4, -0.2) is 29.3 Å². The van der Waals surface area contributed by atoms with E-state index in [0.29, 0.717) is 0 Å². The van der Waals surface area contributed by atoms with Crippen LogP contribution in [0.15, 0.2) is 24.3 Å². The van der Waals surface area contributed by atoms with Gasteiger partial charge in [0.1, 0.15) is 18.4 Å².